The van der Waals surface area contributed by atoms with Crippen LogP contribution in [0, 0.1) is 0 Å². The molecule has 186 valence electrons. The summed E-state index contributed by atoms with van der Waals surface area (Å²) in [6.45, 7) is 4.70. The van der Waals surface area contributed by atoms with E-state index in [4.69, 9.17) is 14.7 Å². The Bertz CT molecular complexity index is 1570. The van der Waals surface area contributed by atoms with E-state index in [0.29, 0.717) is 29.8 Å². The molecule has 0 bridgehead atoms. The lowest BCUT2D eigenvalue weighted by molar-refractivity contribution is 0.416. The number of anilines is 3. The molecular formula is C27H25BrN8O. The summed E-state index contributed by atoms with van der Waals surface area (Å²) in [7, 11) is 3.50. The molecule has 0 aliphatic heterocycles. The summed E-state index contributed by atoms with van der Waals surface area (Å²) in [6, 6.07) is 17.5. The Morgan fingerprint density at radius 2 is 1.95 bits per heavy atom. The number of pyridine rings is 1. The molecule has 0 fully saturated rings. The first-order valence-electron chi connectivity index (χ1n) is 11.5. The third-order valence-corrected chi connectivity index (χ3v) is 6.13. The van der Waals surface area contributed by atoms with E-state index >= 15 is 0 Å². The van der Waals surface area contributed by atoms with Gasteiger partial charge >= 0.3 is 0 Å². The van der Waals surface area contributed by atoms with Crippen molar-refractivity contribution in [1.82, 2.24) is 24.7 Å². The Hall–Kier alpha value is -4.44. The maximum absolute atomic E-state index is 5.44. The van der Waals surface area contributed by atoms with Gasteiger partial charge in [-0.2, -0.15) is 5.10 Å². The van der Waals surface area contributed by atoms with Gasteiger partial charge in [-0.3, -0.25) is 9.67 Å². The molecule has 0 aliphatic rings. The molecule has 0 unspecified atom stereocenters. The van der Waals surface area contributed by atoms with Gasteiger partial charge in [-0.1, -0.05) is 40.7 Å². The zero-order chi connectivity index (χ0) is 25.8. The van der Waals surface area contributed by atoms with Gasteiger partial charge in [0.05, 0.1) is 24.4 Å². The third-order valence-electron chi connectivity index (χ3n) is 5.64. The second-order valence-electron chi connectivity index (χ2n) is 8.27. The predicted molar refractivity (Wildman–Crippen MR) is 150 cm³/mol. The van der Waals surface area contributed by atoms with Crippen LogP contribution in [0.5, 0.6) is 5.75 Å². The summed E-state index contributed by atoms with van der Waals surface area (Å²) in [5, 5.41) is 15.2. The Balaban J connectivity index is 1.40. The summed E-state index contributed by atoms with van der Waals surface area (Å²) in [5.41, 5.74) is 4.27. The van der Waals surface area contributed by atoms with Crippen LogP contribution in [0.3, 0.4) is 0 Å². The van der Waals surface area contributed by atoms with E-state index in [0.717, 1.165) is 38.0 Å². The molecule has 37 heavy (non-hydrogen) atoms. The predicted octanol–water partition coefficient (Wildman–Crippen LogP) is 5.80. The van der Waals surface area contributed by atoms with Gasteiger partial charge in [-0.05, 0) is 42.0 Å². The molecule has 3 aromatic heterocycles. The van der Waals surface area contributed by atoms with Crippen molar-refractivity contribution in [3.05, 3.63) is 95.6 Å². The first kappa shape index (κ1) is 24.3. The molecule has 3 heterocycles. The molecule has 5 aromatic rings. The van der Waals surface area contributed by atoms with Gasteiger partial charge in [0.1, 0.15) is 17.4 Å². The SMILES string of the molecule is C=C(Nc1cccc(-c2nc(NCc3cccnc3)c3cnn(C)c3n2)c1)Nc1cc(Br)ccc1OC. The number of nitrogens with one attached hydrogen (secondary N) is 3. The van der Waals surface area contributed by atoms with Crippen LogP contribution in [0.2, 0.25) is 0 Å². The van der Waals surface area contributed by atoms with Gasteiger partial charge in [-0.15, -0.1) is 0 Å². The van der Waals surface area contributed by atoms with Gasteiger partial charge in [0.25, 0.3) is 0 Å². The number of ether oxygens (including phenoxy) is 1. The van der Waals surface area contributed by atoms with E-state index in [2.05, 4.69) is 48.5 Å². The van der Waals surface area contributed by atoms with E-state index < -0.39 is 0 Å². The molecule has 3 N–H and O–H groups in total. The normalized spacial score (nSPS) is 10.8. The summed E-state index contributed by atoms with van der Waals surface area (Å²) in [6.07, 6.45) is 5.36. The largest absolute Gasteiger partial charge is 0.495 e. The smallest absolute Gasteiger partial charge is 0.164 e. The van der Waals surface area contributed by atoms with Gasteiger partial charge in [0.15, 0.2) is 11.5 Å². The highest BCUT2D eigenvalue weighted by atomic mass is 79.9. The molecule has 0 saturated heterocycles. The lowest BCUT2D eigenvalue weighted by atomic mass is 10.2. The highest BCUT2D eigenvalue weighted by Crippen LogP contribution is 2.30. The number of hydrogen-bond donors (Lipinski definition) is 3. The highest BCUT2D eigenvalue weighted by molar-refractivity contribution is 9.10. The highest BCUT2D eigenvalue weighted by Gasteiger charge is 2.14. The third kappa shape index (κ3) is 5.54. The Morgan fingerprint density at radius 1 is 1.05 bits per heavy atom. The number of aryl methyl sites for hydroxylation is 1. The van der Waals surface area contributed by atoms with Crippen molar-refractivity contribution >= 4 is 44.2 Å². The number of benzene rings is 2. The fraction of sp³-hybridized carbons (Fsp3) is 0.111. The average molecular weight is 557 g/mol. The van der Waals surface area contributed by atoms with Crippen LogP contribution in [-0.4, -0.2) is 31.8 Å². The van der Waals surface area contributed by atoms with Crippen LogP contribution >= 0.6 is 15.9 Å². The average Bonchev–Trinajstić information content (AvgIpc) is 3.29. The molecule has 0 amide bonds. The molecule has 0 spiro atoms. The fourth-order valence-corrected chi connectivity index (χ4v) is 4.22. The van der Waals surface area contributed by atoms with E-state index in [1.165, 1.54) is 0 Å². The second kappa shape index (κ2) is 10.7. The van der Waals surface area contributed by atoms with Crippen molar-refractivity contribution in [2.24, 2.45) is 7.05 Å². The molecule has 2 aromatic carbocycles. The number of methoxy groups -OCH3 is 1. The Labute approximate surface area is 222 Å². The number of hydrogen-bond acceptors (Lipinski definition) is 8. The second-order valence-corrected chi connectivity index (χ2v) is 9.19. The van der Waals surface area contributed by atoms with Crippen LogP contribution in [0.25, 0.3) is 22.4 Å². The van der Waals surface area contributed by atoms with E-state index in [-0.39, 0.29) is 0 Å². The Kier molecular flexibility index (Phi) is 7.00. The van der Waals surface area contributed by atoms with Crippen molar-refractivity contribution in [2.75, 3.05) is 23.1 Å². The maximum atomic E-state index is 5.44. The van der Waals surface area contributed by atoms with Crippen LogP contribution in [0.4, 0.5) is 17.2 Å². The van der Waals surface area contributed by atoms with Crippen LogP contribution in [0.15, 0.2) is 90.1 Å². The molecule has 0 saturated carbocycles. The minimum atomic E-state index is 0.584. The van der Waals surface area contributed by atoms with E-state index in [1.54, 1.807) is 24.2 Å². The van der Waals surface area contributed by atoms with Crippen molar-refractivity contribution < 1.29 is 4.74 Å². The van der Waals surface area contributed by atoms with Crippen molar-refractivity contribution in [2.45, 2.75) is 6.54 Å². The molecule has 5 rings (SSSR count). The van der Waals surface area contributed by atoms with Gasteiger partial charge in [0.2, 0.25) is 0 Å². The quantitative estimate of drug-likeness (QED) is 0.209. The number of fused-ring (bicyclic) bond motifs is 1. The van der Waals surface area contributed by atoms with Crippen LogP contribution in [0.1, 0.15) is 5.56 Å². The van der Waals surface area contributed by atoms with Gasteiger partial charge in [0, 0.05) is 41.7 Å². The summed E-state index contributed by atoms with van der Waals surface area (Å²) in [5.74, 6) is 2.60. The summed E-state index contributed by atoms with van der Waals surface area (Å²) in [4.78, 5) is 13.8. The first-order valence-corrected chi connectivity index (χ1v) is 12.3. The standard InChI is InChI=1S/C27H25BrN8O/c1-17(33-23-13-20(28)9-10-24(23)37-3)32-21-8-4-7-19(12-21)25-34-26(22-16-31-36(2)27(22)35-25)30-15-18-6-5-11-29-14-18/h4-14,16,32-33H,1,15H2,2-3H3,(H,30,34,35). The zero-order valence-corrected chi connectivity index (χ0v) is 22.0. The monoisotopic (exact) mass is 556 g/mol. The number of aromatic nitrogens is 5. The van der Waals surface area contributed by atoms with Gasteiger partial charge < -0.3 is 20.7 Å². The summed E-state index contributed by atoms with van der Waals surface area (Å²) >= 11 is 3.49. The minimum absolute atomic E-state index is 0.584. The molecule has 9 nitrogen and oxygen atoms in total. The van der Waals surface area contributed by atoms with E-state index in [9.17, 15) is 0 Å². The lowest BCUT2D eigenvalue weighted by Gasteiger charge is -2.16. The van der Waals surface area contributed by atoms with Crippen molar-refractivity contribution in [3.63, 3.8) is 0 Å². The number of halogens is 1. The summed E-state index contributed by atoms with van der Waals surface area (Å²) < 4.78 is 8.12. The lowest BCUT2D eigenvalue weighted by Crippen LogP contribution is -2.09. The fourth-order valence-electron chi connectivity index (χ4n) is 3.86. The maximum Gasteiger partial charge on any atom is 0.164 e. The Morgan fingerprint density at radius 3 is 2.76 bits per heavy atom. The van der Waals surface area contributed by atoms with Crippen molar-refractivity contribution in [3.8, 4) is 17.1 Å². The number of rotatable bonds is 9. The molecular weight excluding hydrogens is 532 g/mol. The van der Waals surface area contributed by atoms with Crippen LogP contribution in [-0.2, 0) is 13.6 Å². The molecule has 0 aliphatic carbocycles. The van der Waals surface area contributed by atoms with Crippen molar-refractivity contribution in [1.29, 1.82) is 0 Å². The first-order chi connectivity index (χ1) is 18.0. The van der Waals surface area contributed by atoms with E-state index in [1.807, 2.05) is 67.8 Å². The minimum Gasteiger partial charge on any atom is -0.495 e. The van der Waals surface area contributed by atoms with Crippen LogP contribution < -0.4 is 20.7 Å². The number of nitrogens with zero attached hydrogens (tertiary/aromatic N) is 5. The topological polar surface area (TPSA) is 102 Å². The molecule has 0 atom stereocenters. The zero-order valence-electron chi connectivity index (χ0n) is 20.4. The molecule has 10 heteroatoms. The molecule has 0 radical (unpaired) electrons. The van der Waals surface area contributed by atoms with Gasteiger partial charge in [-0.25, -0.2) is 9.97 Å².